The molecule has 3 heterocycles. The quantitative estimate of drug-likeness (QED) is 0.420. The predicted molar refractivity (Wildman–Crippen MR) is 68.9 cm³/mol. The lowest BCUT2D eigenvalue weighted by Gasteiger charge is -2.42. The van der Waals surface area contributed by atoms with Crippen molar-refractivity contribution in [2.24, 2.45) is 0 Å². The Bertz CT molecular complexity index is 690. The lowest BCUT2D eigenvalue weighted by atomic mass is 10.0. The van der Waals surface area contributed by atoms with E-state index in [1.165, 1.54) is 4.90 Å². The summed E-state index contributed by atoms with van der Waals surface area (Å²) in [7, 11) is -4.54. The number of hydrogen-bond donors (Lipinski definition) is 1. The van der Waals surface area contributed by atoms with Gasteiger partial charge in [-0.25, -0.2) is 4.31 Å². The molecular formula is C12H14N3O5S+. The van der Waals surface area contributed by atoms with Crippen LogP contribution in [0.25, 0.3) is 0 Å². The maximum absolute atomic E-state index is 12.2. The van der Waals surface area contributed by atoms with Crippen LogP contribution in [-0.2, 0) is 26.4 Å². The van der Waals surface area contributed by atoms with Crippen molar-refractivity contribution in [3.63, 3.8) is 0 Å². The topological polar surface area (TPSA) is 98.9 Å². The van der Waals surface area contributed by atoms with Gasteiger partial charge in [-0.15, -0.1) is 0 Å². The molecule has 0 aliphatic carbocycles. The van der Waals surface area contributed by atoms with Crippen LogP contribution in [0, 0.1) is 0 Å². The molecule has 0 spiro atoms. The molecule has 9 heteroatoms. The second kappa shape index (κ2) is 4.78. The van der Waals surface area contributed by atoms with Crippen LogP contribution < -0.4 is 4.57 Å². The first-order chi connectivity index (χ1) is 9.89. The summed E-state index contributed by atoms with van der Waals surface area (Å²) in [6, 6.07) is 3.98. The van der Waals surface area contributed by atoms with Crippen molar-refractivity contribution in [1.82, 2.24) is 9.21 Å². The highest BCUT2D eigenvalue weighted by Crippen LogP contribution is 2.35. The van der Waals surface area contributed by atoms with Gasteiger partial charge in [-0.2, -0.15) is 13.0 Å². The summed E-state index contributed by atoms with van der Waals surface area (Å²) < 4.78 is 33.3. The molecule has 21 heavy (non-hydrogen) atoms. The highest BCUT2D eigenvalue weighted by molar-refractivity contribution is 7.84. The van der Waals surface area contributed by atoms with Crippen LogP contribution in [0.4, 0.5) is 0 Å². The van der Waals surface area contributed by atoms with Crippen molar-refractivity contribution < 1.29 is 27.1 Å². The molecule has 2 saturated heterocycles. The third-order valence-electron chi connectivity index (χ3n) is 3.80. The second-order valence-electron chi connectivity index (χ2n) is 5.05. The Labute approximate surface area is 121 Å². The predicted octanol–water partition coefficient (Wildman–Crippen LogP) is -1.41. The zero-order valence-electron chi connectivity index (χ0n) is 11.0. The van der Waals surface area contributed by atoms with E-state index in [9.17, 15) is 18.0 Å². The van der Waals surface area contributed by atoms with E-state index in [-0.39, 0.29) is 12.5 Å². The average molecular weight is 312 g/mol. The van der Waals surface area contributed by atoms with E-state index in [1.807, 2.05) is 6.07 Å². The Morgan fingerprint density at radius 3 is 2.62 bits per heavy atom. The third-order valence-corrected chi connectivity index (χ3v) is 4.75. The number of likely N-dealkylation sites (tertiary alicyclic amines) is 1. The number of β-lactam (4-membered cyclic amide) rings is 1. The van der Waals surface area contributed by atoms with Gasteiger partial charge < -0.3 is 4.90 Å². The van der Waals surface area contributed by atoms with Crippen LogP contribution in [0.2, 0.25) is 0 Å². The highest BCUT2D eigenvalue weighted by atomic mass is 32.2. The van der Waals surface area contributed by atoms with Crippen LogP contribution >= 0.6 is 0 Å². The Hall–Kier alpha value is -2.00. The standard InChI is InChI=1S/C12H13N3O5S/c16-10(8-13-5-2-1-3-6-13)14-7-4-9-11(14)12(17)15(9)21(18,19)20/h1-3,5-6,9,11H,4,7-8H2/p+1/t9-,11+/m1/s1. The lowest BCUT2D eigenvalue weighted by Crippen LogP contribution is -2.68. The van der Waals surface area contributed by atoms with Crippen LogP contribution in [0.5, 0.6) is 0 Å². The number of carbonyl (C=O) groups is 2. The molecule has 1 aromatic heterocycles. The molecule has 0 bridgehead atoms. The van der Waals surface area contributed by atoms with Crippen molar-refractivity contribution >= 4 is 22.1 Å². The molecule has 3 rings (SSSR count). The molecule has 2 atom stereocenters. The Morgan fingerprint density at radius 1 is 1.33 bits per heavy atom. The van der Waals surface area contributed by atoms with E-state index in [0.717, 1.165) is 0 Å². The summed E-state index contributed by atoms with van der Waals surface area (Å²) in [5, 5.41) is 0. The minimum Gasteiger partial charge on any atom is -0.323 e. The average Bonchev–Trinajstić information content (AvgIpc) is 2.77. The molecule has 2 amide bonds. The molecule has 112 valence electrons. The van der Waals surface area contributed by atoms with Gasteiger partial charge in [0.15, 0.2) is 12.4 Å². The van der Waals surface area contributed by atoms with E-state index in [2.05, 4.69) is 0 Å². The van der Waals surface area contributed by atoms with E-state index in [0.29, 0.717) is 17.3 Å². The van der Waals surface area contributed by atoms with E-state index in [1.54, 1.807) is 29.1 Å². The first-order valence-electron chi connectivity index (χ1n) is 6.44. The van der Waals surface area contributed by atoms with Crippen LogP contribution in [0.3, 0.4) is 0 Å². The molecule has 1 aromatic rings. The maximum Gasteiger partial charge on any atom is 0.362 e. The van der Waals surface area contributed by atoms with Gasteiger partial charge in [-0.1, -0.05) is 6.07 Å². The summed E-state index contributed by atoms with van der Waals surface area (Å²) in [5.74, 6) is -0.992. The minimum absolute atomic E-state index is 0.0865. The number of carbonyl (C=O) groups excluding carboxylic acids is 2. The monoisotopic (exact) mass is 312 g/mol. The van der Waals surface area contributed by atoms with E-state index >= 15 is 0 Å². The largest absolute Gasteiger partial charge is 0.362 e. The SMILES string of the molecule is O=C(C[n+]1ccccc1)N1CC[C@@H]2[C@H]1C(=O)N2S(=O)(=O)O. The Balaban J connectivity index is 1.72. The second-order valence-corrected chi connectivity index (χ2v) is 6.34. The molecule has 2 aliphatic heterocycles. The van der Waals surface area contributed by atoms with Gasteiger partial charge in [0.2, 0.25) is 6.54 Å². The first-order valence-corrected chi connectivity index (χ1v) is 7.83. The molecular weight excluding hydrogens is 298 g/mol. The normalized spacial score (nSPS) is 24.7. The van der Waals surface area contributed by atoms with E-state index < -0.39 is 28.3 Å². The number of fused-ring (bicyclic) bond motifs is 1. The molecule has 0 unspecified atom stereocenters. The molecule has 1 N–H and O–H groups in total. The van der Waals surface area contributed by atoms with Gasteiger partial charge in [-0.05, 0) is 6.42 Å². The fourth-order valence-electron chi connectivity index (χ4n) is 2.88. The molecule has 8 nitrogen and oxygen atoms in total. The number of aromatic nitrogens is 1. The first kappa shape index (κ1) is 14.0. The number of amides is 2. The highest BCUT2D eigenvalue weighted by Gasteiger charge is 2.60. The summed E-state index contributed by atoms with van der Waals surface area (Å²) in [6.45, 7) is 0.391. The maximum atomic E-state index is 12.2. The Kier molecular flexibility index (Phi) is 3.18. The van der Waals surface area contributed by atoms with Crippen molar-refractivity contribution in [2.75, 3.05) is 6.54 Å². The van der Waals surface area contributed by atoms with Gasteiger partial charge in [0.25, 0.3) is 11.8 Å². The van der Waals surface area contributed by atoms with Crippen molar-refractivity contribution in [3.8, 4) is 0 Å². The minimum atomic E-state index is -4.54. The molecule has 0 aromatic carbocycles. The van der Waals surface area contributed by atoms with Crippen molar-refractivity contribution in [1.29, 1.82) is 0 Å². The molecule has 2 fully saturated rings. The van der Waals surface area contributed by atoms with Crippen LogP contribution in [0.15, 0.2) is 30.6 Å². The summed E-state index contributed by atoms with van der Waals surface area (Å²) in [4.78, 5) is 25.5. The number of nitrogens with zero attached hydrogens (tertiary/aromatic N) is 3. The molecule has 2 aliphatic rings. The zero-order chi connectivity index (χ0) is 15.2. The summed E-state index contributed by atoms with van der Waals surface area (Å²) >= 11 is 0. The summed E-state index contributed by atoms with van der Waals surface area (Å²) in [5.41, 5.74) is 0. The number of rotatable bonds is 3. The molecule has 0 radical (unpaired) electrons. The third kappa shape index (κ3) is 2.28. The van der Waals surface area contributed by atoms with Gasteiger partial charge in [0.05, 0.1) is 6.04 Å². The zero-order valence-corrected chi connectivity index (χ0v) is 11.8. The van der Waals surface area contributed by atoms with Crippen molar-refractivity contribution in [2.45, 2.75) is 25.0 Å². The number of hydrogen-bond acceptors (Lipinski definition) is 4. The van der Waals surface area contributed by atoms with Crippen LogP contribution in [0.1, 0.15) is 6.42 Å². The van der Waals surface area contributed by atoms with Crippen LogP contribution in [-0.4, -0.2) is 52.6 Å². The lowest BCUT2D eigenvalue weighted by molar-refractivity contribution is -0.685. The fraction of sp³-hybridized carbons (Fsp3) is 0.417. The van der Waals surface area contributed by atoms with Crippen molar-refractivity contribution in [3.05, 3.63) is 30.6 Å². The number of pyridine rings is 1. The smallest absolute Gasteiger partial charge is 0.323 e. The van der Waals surface area contributed by atoms with Gasteiger partial charge in [0, 0.05) is 18.7 Å². The van der Waals surface area contributed by atoms with E-state index in [4.69, 9.17) is 4.55 Å². The molecule has 0 saturated carbocycles. The summed E-state index contributed by atoms with van der Waals surface area (Å²) in [6.07, 6.45) is 3.82. The fourth-order valence-corrected chi connectivity index (χ4v) is 3.78. The van der Waals surface area contributed by atoms with Gasteiger partial charge in [0.1, 0.15) is 6.04 Å². The van der Waals surface area contributed by atoms with Gasteiger partial charge in [-0.3, -0.25) is 14.1 Å². The van der Waals surface area contributed by atoms with Gasteiger partial charge >= 0.3 is 10.3 Å². The Morgan fingerprint density at radius 2 is 2.00 bits per heavy atom.